The first-order chi connectivity index (χ1) is 9.61. The molecule has 0 atom stereocenters. The molecule has 3 rings (SSSR count). The molecule has 1 saturated carbocycles. The van der Waals surface area contributed by atoms with E-state index in [4.69, 9.17) is 0 Å². The van der Waals surface area contributed by atoms with E-state index in [-0.39, 0.29) is 5.82 Å². The second kappa shape index (κ2) is 5.27. The van der Waals surface area contributed by atoms with Crippen LogP contribution in [0.25, 0.3) is 0 Å². The van der Waals surface area contributed by atoms with Crippen LogP contribution in [0, 0.1) is 19.7 Å². The molecule has 1 heterocycles. The van der Waals surface area contributed by atoms with Gasteiger partial charge in [-0.25, -0.2) is 9.37 Å². The van der Waals surface area contributed by atoms with Gasteiger partial charge in [0.05, 0.1) is 5.69 Å². The highest BCUT2D eigenvalue weighted by atomic mass is 19.1. The number of hydrogen-bond acceptors (Lipinski definition) is 2. The molecule has 1 fully saturated rings. The predicted molar refractivity (Wildman–Crippen MR) is 78.4 cm³/mol. The summed E-state index contributed by atoms with van der Waals surface area (Å²) in [6.07, 6.45) is 5.44. The molecule has 0 radical (unpaired) electrons. The first-order valence-electron chi connectivity index (χ1n) is 7.17. The molecule has 1 aromatic heterocycles. The SMILES string of the molecule is Cc1cn(CCc2ccc(F)cc2C)c(NC2CC2)n1. The van der Waals surface area contributed by atoms with Crippen LogP contribution in [-0.2, 0) is 13.0 Å². The van der Waals surface area contributed by atoms with Crippen molar-refractivity contribution in [1.29, 1.82) is 0 Å². The number of anilines is 1. The zero-order valence-corrected chi connectivity index (χ0v) is 12.0. The summed E-state index contributed by atoms with van der Waals surface area (Å²) in [5, 5.41) is 3.46. The van der Waals surface area contributed by atoms with Crippen LogP contribution in [0.15, 0.2) is 24.4 Å². The predicted octanol–water partition coefficient (Wildman–Crippen LogP) is 3.46. The number of aryl methyl sites for hydroxylation is 4. The Balaban J connectivity index is 1.70. The maximum Gasteiger partial charge on any atom is 0.203 e. The minimum atomic E-state index is -0.166. The Morgan fingerprint density at radius 2 is 2.15 bits per heavy atom. The van der Waals surface area contributed by atoms with Crippen LogP contribution in [0.5, 0.6) is 0 Å². The molecular formula is C16H20FN3. The van der Waals surface area contributed by atoms with E-state index in [1.807, 2.05) is 19.9 Å². The summed E-state index contributed by atoms with van der Waals surface area (Å²) >= 11 is 0. The zero-order valence-electron chi connectivity index (χ0n) is 12.0. The summed E-state index contributed by atoms with van der Waals surface area (Å²) in [5.41, 5.74) is 3.23. The van der Waals surface area contributed by atoms with E-state index < -0.39 is 0 Å². The molecular weight excluding hydrogens is 253 g/mol. The molecule has 1 N–H and O–H groups in total. The molecule has 4 heteroatoms. The largest absolute Gasteiger partial charge is 0.353 e. The molecule has 1 aromatic carbocycles. The number of benzene rings is 1. The van der Waals surface area contributed by atoms with E-state index in [1.54, 1.807) is 6.07 Å². The maximum absolute atomic E-state index is 13.1. The van der Waals surface area contributed by atoms with Gasteiger partial charge in [-0.2, -0.15) is 0 Å². The van der Waals surface area contributed by atoms with E-state index in [9.17, 15) is 4.39 Å². The Labute approximate surface area is 118 Å². The van der Waals surface area contributed by atoms with E-state index >= 15 is 0 Å². The van der Waals surface area contributed by atoms with E-state index in [1.165, 1.54) is 24.5 Å². The highest BCUT2D eigenvalue weighted by Gasteiger charge is 2.22. The number of nitrogens with one attached hydrogen (secondary N) is 1. The Hall–Kier alpha value is -1.84. The Kier molecular flexibility index (Phi) is 3.47. The molecule has 0 spiro atoms. The summed E-state index contributed by atoms with van der Waals surface area (Å²) in [6, 6.07) is 5.61. The highest BCUT2D eigenvalue weighted by Crippen LogP contribution is 2.24. The van der Waals surface area contributed by atoms with Crippen LogP contribution < -0.4 is 5.32 Å². The molecule has 3 nitrogen and oxygen atoms in total. The minimum absolute atomic E-state index is 0.166. The van der Waals surface area contributed by atoms with Crippen molar-refractivity contribution in [3.63, 3.8) is 0 Å². The fourth-order valence-electron chi connectivity index (χ4n) is 2.42. The van der Waals surface area contributed by atoms with E-state index in [0.29, 0.717) is 6.04 Å². The van der Waals surface area contributed by atoms with Gasteiger partial charge in [0.25, 0.3) is 0 Å². The molecule has 20 heavy (non-hydrogen) atoms. The lowest BCUT2D eigenvalue weighted by molar-refractivity contribution is 0.624. The first kappa shape index (κ1) is 13.2. The lowest BCUT2D eigenvalue weighted by Crippen LogP contribution is -2.10. The van der Waals surface area contributed by atoms with Crippen molar-refractivity contribution >= 4 is 5.95 Å². The van der Waals surface area contributed by atoms with Gasteiger partial charge < -0.3 is 9.88 Å². The molecule has 0 bridgehead atoms. The van der Waals surface area contributed by atoms with Gasteiger partial charge in [0, 0.05) is 18.8 Å². The second-order valence-electron chi connectivity index (χ2n) is 5.64. The van der Waals surface area contributed by atoms with Gasteiger partial charge in [-0.3, -0.25) is 0 Å². The molecule has 1 aliphatic carbocycles. The van der Waals surface area contributed by atoms with E-state index in [2.05, 4.69) is 21.1 Å². The fourth-order valence-corrected chi connectivity index (χ4v) is 2.42. The molecule has 0 aliphatic heterocycles. The first-order valence-corrected chi connectivity index (χ1v) is 7.17. The third kappa shape index (κ3) is 3.00. The number of imidazole rings is 1. The van der Waals surface area contributed by atoms with Gasteiger partial charge in [-0.05, 0) is 56.4 Å². The number of halogens is 1. The van der Waals surface area contributed by atoms with Crippen LogP contribution in [-0.4, -0.2) is 15.6 Å². The number of nitrogens with zero attached hydrogens (tertiary/aromatic N) is 2. The lowest BCUT2D eigenvalue weighted by Gasteiger charge is -2.10. The number of hydrogen-bond donors (Lipinski definition) is 1. The number of rotatable bonds is 5. The summed E-state index contributed by atoms with van der Waals surface area (Å²) < 4.78 is 15.3. The Morgan fingerprint density at radius 1 is 1.35 bits per heavy atom. The average Bonchev–Trinajstić information content (AvgIpc) is 3.12. The maximum atomic E-state index is 13.1. The lowest BCUT2D eigenvalue weighted by atomic mass is 10.1. The molecule has 2 aromatic rings. The zero-order chi connectivity index (χ0) is 14.1. The normalized spacial score (nSPS) is 14.6. The summed E-state index contributed by atoms with van der Waals surface area (Å²) in [5.74, 6) is 0.797. The summed E-state index contributed by atoms with van der Waals surface area (Å²) in [6.45, 7) is 4.83. The highest BCUT2D eigenvalue weighted by molar-refractivity contribution is 5.33. The van der Waals surface area contributed by atoms with Gasteiger partial charge >= 0.3 is 0 Å². The standard InChI is InChI=1S/C16H20FN3/c1-11-9-14(17)4-3-13(11)7-8-20-10-12(2)18-16(20)19-15-5-6-15/h3-4,9-10,15H,5-8H2,1-2H3,(H,18,19). The molecule has 0 saturated heterocycles. The molecule has 0 amide bonds. The fraction of sp³-hybridized carbons (Fsp3) is 0.438. The topological polar surface area (TPSA) is 29.9 Å². The van der Waals surface area contributed by atoms with Crippen LogP contribution in [0.1, 0.15) is 29.7 Å². The van der Waals surface area contributed by atoms with Gasteiger partial charge in [0.1, 0.15) is 5.82 Å². The second-order valence-corrected chi connectivity index (χ2v) is 5.64. The summed E-state index contributed by atoms with van der Waals surface area (Å²) in [7, 11) is 0. The average molecular weight is 273 g/mol. The van der Waals surface area contributed by atoms with Gasteiger partial charge in [-0.1, -0.05) is 6.07 Å². The van der Waals surface area contributed by atoms with Gasteiger partial charge in [-0.15, -0.1) is 0 Å². The quantitative estimate of drug-likeness (QED) is 0.904. The molecule has 1 aliphatic rings. The van der Waals surface area contributed by atoms with E-state index in [0.717, 1.165) is 30.2 Å². The number of aromatic nitrogens is 2. The van der Waals surface area contributed by atoms with Gasteiger partial charge in [0.2, 0.25) is 5.95 Å². The molecule has 106 valence electrons. The third-order valence-corrected chi connectivity index (χ3v) is 3.73. The van der Waals surface area contributed by atoms with Crippen LogP contribution in [0.3, 0.4) is 0 Å². The van der Waals surface area contributed by atoms with Gasteiger partial charge in [0.15, 0.2) is 0 Å². The van der Waals surface area contributed by atoms with Crippen molar-refractivity contribution in [1.82, 2.24) is 9.55 Å². The summed E-state index contributed by atoms with van der Waals surface area (Å²) in [4.78, 5) is 4.53. The monoisotopic (exact) mass is 273 g/mol. The van der Waals surface area contributed by atoms with Crippen molar-refractivity contribution in [2.45, 2.75) is 45.7 Å². The van der Waals surface area contributed by atoms with Crippen LogP contribution in [0.2, 0.25) is 0 Å². The van der Waals surface area contributed by atoms with Crippen molar-refractivity contribution in [2.24, 2.45) is 0 Å². The third-order valence-electron chi connectivity index (χ3n) is 3.73. The molecule has 0 unspecified atom stereocenters. The van der Waals surface area contributed by atoms with Crippen LogP contribution >= 0.6 is 0 Å². The smallest absolute Gasteiger partial charge is 0.203 e. The van der Waals surface area contributed by atoms with Crippen LogP contribution in [0.4, 0.5) is 10.3 Å². The van der Waals surface area contributed by atoms with Crippen molar-refractivity contribution in [3.8, 4) is 0 Å². The Bertz CT molecular complexity index is 614. The Morgan fingerprint density at radius 3 is 2.85 bits per heavy atom. The van der Waals surface area contributed by atoms with Crippen molar-refractivity contribution in [2.75, 3.05) is 5.32 Å². The van der Waals surface area contributed by atoms with Crippen molar-refractivity contribution < 1.29 is 4.39 Å². The van der Waals surface area contributed by atoms with Crippen molar-refractivity contribution in [3.05, 3.63) is 47.0 Å². The minimum Gasteiger partial charge on any atom is -0.353 e.